The topological polar surface area (TPSA) is 58.7 Å². The molecule has 0 bridgehead atoms. The van der Waals surface area contributed by atoms with Crippen LogP contribution in [0.25, 0.3) is 10.2 Å². The van der Waals surface area contributed by atoms with Crippen molar-refractivity contribution in [2.75, 3.05) is 0 Å². The Morgan fingerprint density at radius 2 is 2.26 bits per heavy atom. The van der Waals surface area contributed by atoms with E-state index in [1.807, 2.05) is 26.2 Å². The zero-order valence-corrected chi connectivity index (χ0v) is 12.3. The van der Waals surface area contributed by atoms with Crippen LogP contribution in [-0.4, -0.2) is 9.55 Å². The van der Waals surface area contributed by atoms with Crippen LogP contribution in [0.2, 0.25) is 0 Å². The SMILES string of the molecule is Cc1csc2c(=O)n(CCCC(C)(C)C#N)cnc12. The maximum Gasteiger partial charge on any atom is 0.271 e. The molecule has 100 valence electrons. The molecule has 0 unspecified atom stereocenters. The molecule has 0 saturated heterocycles. The largest absolute Gasteiger partial charge is 0.298 e. The van der Waals surface area contributed by atoms with Crippen LogP contribution in [0.3, 0.4) is 0 Å². The van der Waals surface area contributed by atoms with Crippen LogP contribution in [0.4, 0.5) is 0 Å². The van der Waals surface area contributed by atoms with Crippen molar-refractivity contribution in [1.29, 1.82) is 5.26 Å². The molecule has 19 heavy (non-hydrogen) atoms. The molecule has 0 amide bonds. The molecule has 0 saturated carbocycles. The summed E-state index contributed by atoms with van der Waals surface area (Å²) in [6.07, 6.45) is 3.19. The van der Waals surface area contributed by atoms with Crippen molar-refractivity contribution in [1.82, 2.24) is 9.55 Å². The van der Waals surface area contributed by atoms with Crippen LogP contribution in [0.5, 0.6) is 0 Å². The molecule has 2 heterocycles. The highest BCUT2D eigenvalue weighted by Crippen LogP contribution is 2.22. The van der Waals surface area contributed by atoms with Gasteiger partial charge in [0.1, 0.15) is 4.70 Å². The van der Waals surface area contributed by atoms with Gasteiger partial charge < -0.3 is 0 Å². The van der Waals surface area contributed by atoms with E-state index in [1.165, 1.54) is 11.3 Å². The monoisotopic (exact) mass is 275 g/mol. The van der Waals surface area contributed by atoms with E-state index in [1.54, 1.807) is 10.9 Å². The van der Waals surface area contributed by atoms with Gasteiger partial charge in [-0.1, -0.05) is 0 Å². The van der Waals surface area contributed by atoms with Crippen molar-refractivity contribution < 1.29 is 0 Å². The molecule has 2 aromatic rings. The molecule has 0 fully saturated rings. The summed E-state index contributed by atoms with van der Waals surface area (Å²) in [5, 5.41) is 10.9. The van der Waals surface area contributed by atoms with E-state index in [-0.39, 0.29) is 11.0 Å². The van der Waals surface area contributed by atoms with E-state index >= 15 is 0 Å². The molecular formula is C14H17N3OS. The summed E-state index contributed by atoms with van der Waals surface area (Å²) >= 11 is 1.45. The van der Waals surface area contributed by atoms with Gasteiger partial charge in [0.15, 0.2) is 0 Å². The average molecular weight is 275 g/mol. The summed E-state index contributed by atoms with van der Waals surface area (Å²) in [5.41, 5.74) is 1.55. The van der Waals surface area contributed by atoms with Gasteiger partial charge in [-0.2, -0.15) is 5.26 Å². The first kappa shape index (κ1) is 13.8. The second kappa shape index (κ2) is 5.14. The molecule has 0 spiro atoms. The number of nitriles is 1. The van der Waals surface area contributed by atoms with Crippen molar-refractivity contribution in [3.63, 3.8) is 0 Å². The van der Waals surface area contributed by atoms with Gasteiger partial charge in [0.05, 0.1) is 23.3 Å². The summed E-state index contributed by atoms with van der Waals surface area (Å²) in [5.74, 6) is 0. The van der Waals surface area contributed by atoms with Gasteiger partial charge >= 0.3 is 0 Å². The smallest absolute Gasteiger partial charge is 0.271 e. The third kappa shape index (κ3) is 2.85. The second-order valence-corrected chi connectivity index (χ2v) is 6.32. The summed E-state index contributed by atoms with van der Waals surface area (Å²) in [7, 11) is 0. The summed E-state index contributed by atoms with van der Waals surface area (Å²) in [6.45, 7) is 6.41. The van der Waals surface area contributed by atoms with Crippen molar-refractivity contribution in [3.8, 4) is 6.07 Å². The highest BCUT2D eigenvalue weighted by molar-refractivity contribution is 7.17. The molecular weight excluding hydrogens is 258 g/mol. The highest BCUT2D eigenvalue weighted by atomic mass is 32.1. The molecule has 0 aliphatic heterocycles. The zero-order chi connectivity index (χ0) is 14.0. The molecule has 2 rings (SSSR count). The van der Waals surface area contributed by atoms with Crippen molar-refractivity contribution in [3.05, 3.63) is 27.6 Å². The van der Waals surface area contributed by atoms with Gasteiger partial charge in [-0.3, -0.25) is 9.36 Å². The molecule has 0 radical (unpaired) electrons. The Morgan fingerprint density at radius 1 is 1.53 bits per heavy atom. The van der Waals surface area contributed by atoms with Gasteiger partial charge in [0.25, 0.3) is 5.56 Å². The molecule has 0 aromatic carbocycles. The third-order valence-electron chi connectivity index (χ3n) is 3.23. The number of aromatic nitrogens is 2. The Balaban J connectivity index is 2.17. The first-order chi connectivity index (χ1) is 8.94. The minimum absolute atomic E-state index is 0.0258. The van der Waals surface area contributed by atoms with E-state index in [9.17, 15) is 4.79 Å². The number of thiophene rings is 1. The lowest BCUT2D eigenvalue weighted by molar-refractivity contribution is 0.413. The second-order valence-electron chi connectivity index (χ2n) is 5.44. The predicted molar refractivity (Wildman–Crippen MR) is 77.2 cm³/mol. The van der Waals surface area contributed by atoms with Gasteiger partial charge in [0, 0.05) is 6.54 Å². The fourth-order valence-corrected chi connectivity index (χ4v) is 2.92. The summed E-state index contributed by atoms with van der Waals surface area (Å²) < 4.78 is 2.37. The standard InChI is InChI=1S/C14H17N3OS/c1-10-7-19-12-11(10)16-9-17(13(12)18)6-4-5-14(2,3)8-15/h7,9H,4-6H2,1-3H3. The predicted octanol–water partition coefficient (Wildman–Crippen LogP) is 3.10. The van der Waals surface area contributed by atoms with Crippen LogP contribution in [0.1, 0.15) is 32.3 Å². The summed E-state index contributed by atoms with van der Waals surface area (Å²) in [6, 6.07) is 2.27. The van der Waals surface area contributed by atoms with Gasteiger partial charge in [-0.25, -0.2) is 4.98 Å². The lowest BCUT2D eigenvalue weighted by Gasteiger charge is -2.14. The Morgan fingerprint density at radius 3 is 2.95 bits per heavy atom. The first-order valence-corrected chi connectivity index (χ1v) is 7.17. The molecule has 0 aliphatic rings. The summed E-state index contributed by atoms with van der Waals surface area (Å²) in [4.78, 5) is 16.6. The fourth-order valence-electron chi connectivity index (χ4n) is 1.97. The first-order valence-electron chi connectivity index (χ1n) is 6.29. The molecule has 4 nitrogen and oxygen atoms in total. The van der Waals surface area contributed by atoms with Gasteiger partial charge in [0.2, 0.25) is 0 Å². The number of aryl methyl sites for hydroxylation is 2. The van der Waals surface area contributed by atoms with Crippen LogP contribution in [0, 0.1) is 23.7 Å². The van der Waals surface area contributed by atoms with Gasteiger partial charge in [-0.15, -0.1) is 11.3 Å². The van der Waals surface area contributed by atoms with Crippen molar-refractivity contribution >= 4 is 21.6 Å². The molecule has 0 N–H and O–H groups in total. The normalized spacial score (nSPS) is 11.7. The van der Waals surface area contributed by atoms with E-state index in [4.69, 9.17) is 5.26 Å². The molecule has 0 aliphatic carbocycles. The zero-order valence-electron chi connectivity index (χ0n) is 11.4. The maximum atomic E-state index is 12.2. The van der Waals surface area contributed by atoms with Crippen LogP contribution < -0.4 is 5.56 Å². The van der Waals surface area contributed by atoms with Crippen LogP contribution >= 0.6 is 11.3 Å². The average Bonchev–Trinajstić information content (AvgIpc) is 2.75. The maximum absolute atomic E-state index is 12.2. The Bertz CT molecular complexity index is 691. The Labute approximate surface area is 116 Å². The van der Waals surface area contributed by atoms with E-state index in [0.717, 1.165) is 28.6 Å². The lowest BCUT2D eigenvalue weighted by Crippen LogP contribution is -2.21. The van der Waals surface area contributed by atoms with Gasteiger partial charge in [-0.05, 0) is 44.6 Å². The Kier molecular flexibility index (Phi) is 3.72. The number of nitrogens with zero attached hydrogens (tertiary/aromatic N) is 3. The minimum atomic E-state index is -0.333. The van der Waals surface area contributed by atoms with Crippen molar-refractivity contribution in [2.45, 2.75) is 40.2 Å². The van der Waals surface area contributed by atoms with E-state index < -0.39 is 0 Å². The molecule has 0 atom stereocenters. The van der Waals surface area contributed by atoms with E-state index in [0.29, 0.717) is 6.54 Å². The number of fused-ring (bicyclic) bond motifs is 1. The number of rotatable bonds is 4. The van der Waals surface area contributed by atoms with Crippen molar-refractivity contribution in [2.24, 2.45) is 5.41 Å². The number of hydrogen-bond donors (Lipinski definition) is 0. The molecule has 5 heteroatoms. The number of hydrogen-bond acceptors (Lipinski definition) is 4. The van der Waals surface area contributed by atoms with E-state index in [2.05, 4.69) is 11.1 Å². The third-order valence-corrected chi connectivity index (χ3v) is 4.30. The lowest BCUT2D eigenvalue weighted by atomic mass is 9.90. The molecule has 2 aromatic heterocycles. The fraction of sp³-hybridized carbons (Fsp3) is 0.500. The minimum Gasteiger partial charge on any atom is -0.298 e. The van der Waals surface area contributed by atoms with Crippen LogP contribution in [-0.2, 0) is 6.54 Å². The van der Waals surface area contributed by atoms with Crippen LogP contribution in [0.15, 0.2) is 16.5 Å². The quantitative estimate of drug-likeness (QED) is 0.861. The highest BCUT2D eigenvalue weighted by Gasteiger charge is 2.16. The Hall–Kier alpha value is -1.67.